The number of carboxylic acid groups (broad SMARTS) is 1. The summed E-state index contributed by atoms with van der Waals surface area (Å²) in [7, 11) is -4.11. The second kappa shape index (κ2) is 6.12. The van der Waals surface area contributed by atoms with Crippen LogP contribution in [0.15, 0.2) is 23.1 Å². The van der Waals surface area contributed by atoms with Gasteiger partial charge in [-0.15, -0.1) is 0 Å². The second-order valence-corrected chi connectivity index (χ2v) is 5.63. The molecule has 7 nitrogen and oxygen atoms in total. The summed E-state index contributed by atoms with van der Waals surface area (Å²) in [6.07, 6.45) is 0. The average molecular weight is 300 g/mol. The molecule has 0 aliphatic carbocycles. The number of nitriles is 1. The largest absolute Gasteiger partial charge is 0.478 e. The van der Waals surface area contributed by atoms with Gasteiger partial charge in [-0.2, -0.15) is 5.26 Å². The van der Waals surface area contributed by atoms with Crippen molar-refractivity contribution in [2.75, 3.05) is 12.3 Å². The first-order chi connectivity index (χ1) is 9.27. The van der Waals surface area contributed by atoms with Crippen molar-refractivity contribution in [3.8, 4) is 6.07 Å². The molecule has 0 radical (unpaired) electrons. The first kappa shape index (κ1) is 15.6. The SMILES string of the molecule is N#CCNC(=O)CS(=O)(=O)c1ccc(F)c(C(=O)O)c1. The highest BCUT2D eigenvalue weighted by Crippen LogP contribution is 2.16. The molecule has 0 spiro atoms. The molecule has 0 aromatic heterocycles. The molecule has 0 bridgehead atoms. The number of hydrogen-bond acceptors (Lipinski definition) is 5. The second-order valence-electron chi connectivity index (χ2n) is 3.64. The molecule has 2 N–H and O–H groups in total. The van der Waals surface area contributed by atoms with Crippen molar-refractivity contribution in [2.24, 2.45) is 0 Å². The number of sulfone groups is 1. The van der Waals surface area contributed by atoms with Crippen LogP contribution < -0.4 is 5.32 Å². The van der Waals surface area contributed by atoms with E-state index in [0.29, 0.717) is 12.1 Å². The number of carbonyl (C=O) groups excluding carboxylic acids is 1. The maximum Gasteiger partial charge on any atom is 0.338 e. The number of carboxylic acids is 1. The number of rotatable bonds is 5. The number of carbonyl (C=O) groups is 2. The zero-order valence-corrected chi connectivity index (χ0v) is 10.8. The van der Waals surface area contributed by atoms with Gasteiger partial charge < -0.3 is 10.4 Å². The fraction of sp³-hybridized carbons (Fsp3) is 0.182. The maximum absolute atomic E-state index is 13.1. The Labute approximate surface area is 113 Å². The molecule has 0 saturated heterocycles. The Bertz CT molecular complexity index is 693. The van der Waals surface area contributed by atoms with E-state index in [1.54, 1.807) is 6.07 Å². The molecule has 9 heteroatoms. The van der Waals surface area contributed by atoms with E-state index in [1.807, 2.05) is 5.32 Å². The first-order valence-electron chi connectivity index (χ1n) is 5.17. The van der Waals surface area contributed by atoms with Crippen LogP contribution in [0.3, 0.4) is 0 Å². The minimum absolute atomic E-state index is 0.349. The van der Waals surface area contributed by atoms with Gasteiger partial charge in [-0.25, -0.2) is 17.6 Å². The van der Waals surface area contributed by atoms with Crippen molar-refractivity contribution >= 4 is 21.7 Å². The molecule has 0 heterocycles. The third kappa shape index (κ3) is 3.76. The number of nitrogens with zero attached hydrogens (tertiary/aromatic N) is 1. The summed E-state index contributed by atoms with van der Waals surface area (Å²) in [5, 5.41) is 19.0. The van der Waals surface area contributed by atoms with E-state index < -0.39 is 43.7 Å². The van der Waals surface area contributed by atoms with Gasteiger partial charge in [-0.1, -0.05) is 0 Å². The first-order valence-corrected chi connectivity index (χ1v) is 6.82. The van der Waals surface area contributed by atoms with E-state index in [9.17, 15) is 22.4 Å². The number of halogens is 1. The fourth-order valence-corrected chi connectivity index (χ4v) is 2.49. The summed E-state index contributed by atoms with van der Waals surface area (Å²) in [5.41, 5.74) is -0.802. The number of nitrogens with one attached hydrogen (secondary N) is 1. The number of amides is 1. The molecule has 0 fully saturated rings. The van der Waals surface area contributed by atoms with E-state index in [0.717, 1.165) is 6.07 Å². The predicted octanol–water partition coefficient (Wildman–Crippen LogP) is -0.0626. The van der Waals surface area contributed by atoms with E-state index in [2.05, 4.69) is 0 Å². The normalized spacial score (nSPS) is 10.6. The van der Waals surface area contributed by atoms with Crippen molar-refractivity contribution in [3.63, 3.8) is 0 Å². The molecule has 0 saturated carbocycles. The van der Waals surface area contributed by atoms with Gasteiger partial charge in [0.15, 0.2) is 9.84 Å². The number of benzene rings is 1. The summed E-state index contributed by atoms with van der Waals surface area (Å²) in [5.74, 6) is -4.56. The van der Waals surface area contributed by atoms with E-state index in [-0.39, 0.29) is 6.54 Å². The van der Waals surface area contributed by atoms with Gasteiger partial charge in [0, 0.05) is 0 Å². The highest BCUT2D eigenvalue weighted by Gasteiger charge is 2.22. The molecular formula is C11H9FN2O5S. The quantitative estimate of drug-likeness (QED) is 0.579. The van der Waals surface area contributed by atoms with Gasteiger partial charge in [-0.3, -0.25) is 4.79 Å². The van der Waals surface area contributed by atoms with Crippen LogP contribution in [0.25, 0.3) is 0 Å². The summed E-state index contributed by atoms with van der Waals surface area (Å²) >= 11 is 0. The fourth-order valence-electron chi connectivity index (χ4n) is 1.31. The molecule has 1 aromatic carbocycles. The van der Waals surface area contributed by atoms with Crippen LogP contribution in [0.4, 0.5) is 4.39 Å². The Balaban J connectivity index is 3.05. The maximum atomic E-state index is 13.1. The molecule has 0 aliphatic rings. The summed E-state index contributed by atoms with van der Waals surface area (Å²) in [6, 6.07) is 3.81. The van der Waals surface area contributed by atoms with Crippen molar-refractivity contribution in [1.82, 2.24) is 5.32 Å². The molecule has 0 aliphatic heterocycles. The molecule has 1 rings (SSSR count). The van der Waals surface area contributed by atoms with Crippen LogP contribution in [-0.4, -0.2) is 37.7 Å². The van der Waals surface area contributed by atoms with Crippen molar-refractivity contribution in [1.29, 1.82) is 5.26 Å². The molecule has 0 unspecified atom stereocenters. The Morgan fingerprint density at radius 2 is 2.05 bits per heavy atom. The standard InChI is InChI=1S/C11H9FN2O5S/c12-9-2-1-7(5-8(9)11(16)17)20(18,19)6-10(15)14-4-3-13/h1-2,5H,4,6H2,(H,14,15)(H,16,17). The van der Waals surface area contributed by atoms with Gasteiger partial charge in [0.2, 0.25) is 5.91 Å². The van der Waals surface area contributed by atoms with Crippen LogP contribution in [0.1, 0.15) is 10.4 Å². The van der Waals surface area contributed by atoms with Crippen LogP contribution in [0, 0.1) is 17.1 Å². The third-order valence-electron chi connectivity index (χ3n) is 2.21. The van der Waals surface area contributed by atoms with E-state index in [1.165, 1.54) is 0 Å². The summed E-state index contributed by atoms with van der Waals surface area (Å²) in [4.78, 5) is 21.5. The minimum Gasteiger partial charge on any atom is -0.478 e. The highest BCUT2D eigenvalue weighted by molar-refractivity contribution is 7.92. The molecule has 1 aromatic rings. The lowest BCUT2D eigenvalue weighted by molar-refractivity contribution is -0.118. The zero-order valence-electron chi connectivity index (χ0n) is 9.96. The Kier molecular flexibility index (Phi) is 4.77. The van der Waals surface area contributed by atoms with Crippen molar-refractivity contribution < 1.29 is 27.5 Å². The van der Waals surface area contributed by atoms with Gasteiger partial charge in [-0.05, 0) is 18.2 Å². The Morgan fingerprint density at radius 1 is 1.40 bits per heavy atom. The van der Waals surface area contributed by atoms with Gasteiger partial charge >= 0.3 is 5.97 Å². The highest BCUT2D eigenvalue weighted by atomic mass is 32.2. The molecular weight excluding hydrogens is 291 g/mol. The van der Waals surface area contributed by atoms with E-state index >= 15 is 0 Å². The van der Waals surface area contributed by atoms with E-state index in [4.69, 9.17) is 10.4 Å². The number of hydrogen-bond donors (Lipinski definition) is 2. The lowest BCUT2D eigenvalue weighted by Crippen LogP contribution is -2.30. The van der Waals surface area contributed by atoms with Crippen molar-refractivity contribution in [2.45, 2.75) is 4.90 Å². The molecule has 106 valence electrons. The van der Waals surface area contributed by atoms with Gasteiger partial charge in [0.05, 0.1) is 16.5 Å². The molecule has 20 heavy (non-hydrogen) atoms. The van der Waals surface area contributed by atoms with Crippen molar-refractivity contribution in [3.05, 3.63) is 29.6 Å². The van der Waals surface area contributed by atoms with Crippen LogP contribution >= 0.6 is 0 Å². The van der Waals surface area contributed by atoms with Gasteiger partial charge in [0.1, 0.15) is 18.1 Å². The van der Waals surface area contributed by atoms with Crippen LogP contribution in [-0.2, 0) is 14.6 Å². The third-order valence-corrected chi connectivity index (χ3v) is 3.83. The number of aromatic carboxylic acids is 1. The monoisotopic (exact) mass is 300 g/mol. The Hall–Kier alpha value is -2.47. The Morgan fingerprint density at radius 3 is 2.60 bits per heavy atom. The zero-order chi connectivity index (χ0) is 15.3. The predicted molar refractivity (Wildman–Crippen MR) is 64.0 cm³/mol. The molecule has 0 atom stereocenters. The minimum atomic E-state index is -4.11. The van der Waals surface area contributed by atoms with Gasteiger partial charge in [0.25, 0.3) is 0 Å². The summed E-state index contributed by atoms with van der Waals surface area (Å²) in [6.45, 7) is -0.349. The topological polar surface area (TPSA) is 124 Å². The summed E-state index contributed by atoms with van der Waals surface area (Å²) < 4.78 is 36.8. The smallest absolute Gasteiger partial charge is 0.338 e. The molecule has 1 amide bonds. The van der Waals surface area contributed by atoms with Crippen LogP contribution in [0.2, 0.25) is 0 Å². The lowest BCUT2D eigenvalue weighted by Gasteiger charge is -2.06. The van der Waals surface area contributed by atoms with Crippen LogP contribution in [0.5, 0.6) is 0 Å². The average Bonchev–Trinajstić information content (AvgIpc) is 2.35. The lowest BCUT2D eigenvalue weighted by atomic mass is 10.2.